The molecule has 0 radical (unpaired) electrons. The van der Waals surface area contributed by atoms with Crippen LogP contribution < -0.4 is 5.32 Å². The zero-order valence-corrected chi connectivity index (χ0v) is 16.0. The number of halogens is 2. The fourth-order valence-electron chi connectivity index (χ4n) is 2.30. The summed E-state index contributed by atoms with van der Waals surface area (Å²) in [5.74, 6) is -0.243. The van der Waals surface area contributed by atoms with Crippen LogP contribution in [-0.2, 0) is 6.42 Å². The van der Waals surface area contributed by atoms with Crippen LogP contribution in [0.1, 0.15) is 15.9 Å². The predicted molar refractivity (Wildman–Crippen MR) is 105 cm³/mol. The number of benzene rings is 2. The number of nitrogens with one attached hydrogen (secondary N) is 1. The number of hydrogen-bond acceptors (Lipinski definition) is 4. The number of carbonyl (C=O) groups is 1. The normalized spacial score (nSPS) is 10.5. The van der Waals surface area contributed by atoms with Gasteiger partial charge in [0.15, 0.2) is 5.15 Å². The van der Waals surface area contributed by atoms with Crippen molar-refractivity contribution < 1.29 is 4.79 Å². The summed E-state index contributed by atoms with van der Waals surface area (Å²) in [7, 11) is 0. The van der Waals surface area contributed by atoms with Gasteiger partial charge in [0.05, 0.1) is 5.56 Å². The molecule has 0 fully saturated rings. The number of nitrogens with zero attached hydrogens (tertiary/aromatic N) is 2. The molecular weight excluding hydrogens is 389 g/mol. The summed E-state index contributed by atoms with van der Waals surface area (Å²) in [5, 5.41) is 12.2. The van der Waals surface area contributed by atoms with Crippen LogP contribution in [0.25, 0.3) is 0 Å². The largest absolute Gasteiger partial charge is 0.352 e. The number of amides is 1. The Kier molecular flexibility index (Phi) is 6.50. The van der Waals surface area contributed by atoms with Crippen LogP contribution in [0, 0.1) is 0 Å². The van der Waals surface area contributed by atoms with Gasteiger partial charge in [-0.25, -0.2) is 0 Å². The molecule has 0 aliphatic rings. The van der Waals surface area contributed by atoms with E-state index in [-0.39, 0.29) is 11.1 Å². The third kappa shape index (κ3) is 4.97. The molecule has 0 aliphatic heterocycles. The Morgan fingerprint density at radius 3 is 2.50 bits per heavy atom. The van der Waals surface area contributed by atoms with E-state index in [1.54, 1.807) is 0 Å². The van der Waals surface area contributed by atoms with Gasteiger partial charge in [0.2, 0.25) is 0 Å². The van der Waals surface area contributed by atoms with Gasteiger partial charge in [-0.1, -0.05) is 71.4 Å². The average Bonchev–Trinajstić information content (AvgIpc) is 2.65. The molecule has 0 saturated heterocycles. The highest BCUT2D eigenvalue weighted by Gasteiger charge is 2.15. The zero-order chi connectivity index (χ0) is 18.4. The van der Waals surface area contributed by atoms with Gasteiger partial charge in [-0.3, -0.25) is 4.79 Å². The Bertz CT molecular complexity index is 906. The molecule has 26 heavy (non-hydrogen) atoms. The minimum absolute atomic E-state index is 0.179. The van der Waals surface area contributed by atoms with Gasteiger partial charge in [0.1, 0.15) is 5.03 Å². The second-order valence-corrected chi connectivity index (χ2v) is 7.25. The summed E-state index contributed by atoms with van der Waals surface area (Å²) in [6, 6.07) is 18.8. The van der Waals surface area contributed by atoms with Gasteiger partial charge in [-0.05, 0) is 36.2 Å². The highest BCUT2D eigenvalue weighted by atomic mass is 35.5. The molecule has 1 amide bonds. The zero-order valence-electron chi connectivity index (χ0n) is 13.7. The first-order valence-corrected chi connectivity index (χ1v) is 9.48. The molecule has 1 aromatic heterocycles. The molecule has 2 aromatic carbocycles. The van der Waals surface area contributed by atoms with E-state index in [1.807, 2.05) is 54.6 Å². The molecule has 0 atom stereocenters. The lowest BCUT2D eigenvalue weighted by Gasteiger charge is -2.09. The van der Waals surface area contributed by atoms with E-state index in [2.05, 4.69) is 15.5 Å². The molecule has 0 unspecified atom stereocenters. The first kappa shape index (κ1) is 18.7. The molecule has 3 rings (SSSR count). The van der Waals surface area contributed by atoms with Crippen molar-refractivity contribution >= 4 is 40.9 Å². The Balaban J connectivity index is 1.70. The predicted octanol–water partition coefficient (Wildman–Crippen LogP) is 4.91. The maximum absolute atomic E-state index is 12.6. The SMILES string of the molecule is O=C(NCCc1ccccc1Cl)c1cc(Cl)nnc1Sc1ccccc1. The van der Waals surface area contributed by atoms with E-state index in [0.717, 1.165) is 10.5 Å². The molecular formula is C19H15Cl2N3OS. The number of hydrogen-bond donors (Lipinski definition) is 1. The molecule has 0 aliphatic carbocycles. The molecule has 0 bridgehead atoms. The number of carbonyl (C=O) groups excluding carboxylic acids is 1. The van der Waals surface area contributed by atoms with Crippen molar-refractivity contribution in [3.63, 3.8) is 0 Å². The molecule has 0 spiro atoms. The van der Waals surface area contributed by atoms with Crippen molar-refractivity contribution in [3.05, 3.63) is 82.0 Å². The third-order valence-electron chi connectivity index (χ3n) is 3.57. The van der Waals surface area contributed by atoms with Crippen molar-refractivity contribution in [1.29, 1.82) is 0 Å². The monoisotopic (exact) mass is 403 g/mol. The summed E-state index contributed by atoms with van der Waals surface area (Å²) in [4.78, 5) is 13.6. The second-order valence-electron chi connectivity index (χ2n) is 5.40. The fraction of sp³-hybridized carbons (Fsp3) is 0.105. The Labute approximate surface area is 165 Å². The molecule has 4 nitrogen and oxygen atoms in total. The van der Waals surface area contributed by atoms with Crippen LogP contribution in [-0.4, -0.2) is 22.6 Å². The minimum Gasteiger partial charge on any atom is -0.352 e. The van der Waals surface area contributed by atoms with Crippen LogP contribution in [0.15, 0.2) is 70.6 Å². The fourth-order valence-corrected chi connectivity index (χ4v) is 3.54. The van der Waals surface area contributed by atoms with Gasteiger partial charge in [0, 0.05) is 16.5 Å². The molecule has 7 heteroatoms. The van der Waals surface area contributed by atoms with E-state index < -0.39 is 0 Å². The van der Waals surface area contributed by atoms with Crippen LogP contribution >= 0.6 is 35.0 Å². The summed E-state index contributed by atoms with van der Waals surface area (Å²) in [6.45, 7) is 0.456. The van der Waals surface area contributed by atoms with Crippen molar-refractivity contribution in [2.24, 2.45) is 0 Å². The Morgan fingerprint density at radius 1 is 1.00 bits per heavy atom. The van der Waals surface area contributed by atoms with Crippen LogP contribution in [0.4, 0.5) is 0 Å². The Morgan fingerprint density at radius 2 is 1.73 bits per heavy atom. The summed E-state index contributed by atoms with van der Waals surface area (Å²) in [6.07, 6.45) is 0.638. The van der Waals surface area contributed by atoms with Crippen molar-refractivity contribution in [2.45, 2.75) is 16.3 Å². The van der Waals surface area contributed by atoms with Crippen molar-refractivity contribution in [1.82, 2.24) is 15.5 Å². The molecule has 0 saturated carbocycles. The van der Waals surface area contributed by atoms with E-state index in [1.165, 1.54) is 17.8 Å². The smallest absolute Gasteiger partial charge is 0.254 e. The van der Waals surface area contributed by atoms with E-state index in [4.69, 9.17) is 23.2 Å². The third-order valence-corrected chi connectivity index (χ3v) is 5.13. The first-order valence-electron chi connectivity index (χ1n) is 7.91. The molecule has 1 heterocycles. The first-order chi connectivity index (χ1) is 12.6. The lowest BCUT2D eigenvalue weighted by molar-refractivity contribution is 0.0950. The van der Waals surface area contributed by atoms with Crippen LogP contribution in [0.2, 0.25) is 10.2 Å². The summed E-state index contributed by atoms with van der Waals surface area (Å²) in [5.41, 5.74) is 1.39. The standard InChI is InChI=1S/C19H15Cl2N3OS/c20-16-9-5-4-6-13(16)10-11-22-18(25)15-12-17(21)23-24-19(15)26-14-7-2-1-3-8-14/h1-9,12H,10-11H2,(H,22,25). The topological polar surface area (TPSA) is 54.9 Å². The van der Waals surface area contributed by atoms with Crippen LogP contribution in [0.5, 0.6) is 0 Å². The van der Waals surface area contributed by atoms with Crippen LogP contribution in [0.3, 0.4) is 0 Å². The summed E-state index contributed by atoms with van der Waals surface area (Å²) < 4.78 is 0. The summed E-state index contributed by atoms with van der Waals surface area (Å²) >= 11 is 13.4. The lowest BCUT2D eigenvalue weighted by Crippen LogP contribution is -2.26. The molecule has 3 aromatic rings. The van der Waals surface area contributed by atoms with Gasteiger partial charge >= 0.3 is 0 Å². The molecule has 1 N–H and O–H groups in total. The number of rotatable bonds is 6. The van der Waals surface area contributed by atoms with Gasteiger partial charge in [-0.2, -0.15) is 0 Å². The average molecular weight is 404 g/mol. The van der Waals surface area contributed by atoms with E-state index in [0.29, 0.717) is 28.6 Å². The Hall–Kier alpha value is -2.08. The highest BCUT2D eigenvalue weighted by Crippen LogP contribution is 2.29. The molecule has 132 valence electrons. The van der Waals surface area contributed by atoms with Crippen molar-refractivity contribution in [3.8, 4) is 0 Å². The van der Waals surface area contributed by atoms with Gasteiger partial charge in [0.25, 0.3) is 5.91 Å². The van der Waals surface area contributed by atoms with Gasteiger partial charge in [-0.15, -0.1) is 10.2 Å². The lowest BCUT2D eigenvalue weighted by atomic mass is 10.1. The van der Waals surface area contributed by atoms with Gasteiger partial charge < -0.3 is 5.32 Å². The van der Waals surface area contributed by atoms with E-state index >= 15 is 0 Å². The maximum Gasteiger partial charge on any atom is 0.254 e. The maximum atomic E-state index is 12.6. The second kappa shape index (κ2) is 9.03. The minimum atomic E-state index is -0.243. The van der Waals surface area contributed by atoms with E-state index in [9.17, 15) is 4.79 Å². The quantitative estimate of drug-likeness (QED) is 0.635. The highest BCUT2D eigenvalue weighted by molar-refractivity contribution is 7.99. The number of aromatic nitrogens is 2. The van der Waals surface area contributed by atoms with Crippen molar-refractivity contribution in [2.75, 3.05) is 6.54 Å².